The molecule has 0 unspecified atom stereocenters. The summed E-state index contributed by atoms with van der Waals surface area (Å²) in [6.45, 7) is 4.24. The molecule has 0 aliphatic rings. The number of para-hydroxylation sites is 2. The highest BCUT2D eigenvalue weighted by molar-refractivity contribution is 5.87. The summed E-state index contributed by atoms with van der Waals surface area (Å²) in [6, 6.07) is 18.9. The summed E-state index contributed by atoms with van der Waals surface area (Å²) in [6.07, 6.45) is 3.08. The zero-order chi connectivity index (χ0) is 21.3. The van der Waals surface area contributed by atoms with Crippen LogP contribution in [-0.2, 0) is 6.42 Å². The molecule has 0 spiro atoms. The molecule has 2 aromatic heterocycles. The monoisotopic (exact) mass is 397 g/mol. The number of nitriles is 1. The van der Waals surface area contributed by atoms with E-state index in [0.717, 1.165) is 53.1 Å². The molecule has 4 aromatic rings. The minimum Gasteiger partial charge on any atom is -0.378 e. The Labute approximate surface area is 177 Å². The van der Waals surface area contributed by atoms with Gasteiger partial charge in [0.1, 0.15) is 11.9 Å². The van der Waals surface area contributed by atoms with E-state index in [1.165, 1.54) is 5.56 Å². The fourth-order valence-corrected chi connectivity index (χ4v) is 3.96. The molecule has 5 nitrogen and oxygen atoms in total. The molecule has 2 heterocycles. The molecule has 30 heavy (non-hydrogen) atoms. The number of anilines is 3. The molecule has 0 amide bonds. The molecule has 0 aliphatic carbocycles. The van der Waals surface area contributed by atoms with Crippen LogP contribution in [-0.4, -0.2) is 23.5 Å². The van der Waals surface area contributed by atoms with Crippen molar-refractivity contribution < 1.29 is 0 Å². The van der Waals surface area contributed by atoms with E-state index in [-0.39, 0.29) is 0 Å². The van der Waals surface area contributed by atoms with E-state index < -0.39 is 0 Å². The quantitative estimate of drug-likeness (QED) is 0.445. The van der Waals surface area contributed by atoms with Crippen molar-refractivity contribution in [3.8, 4) is 6.07 Å². The van der Waals surface area contributed by atoms with Crippen LogP contribution in [0.15, 0.2) is 48.5 Å². The molecule has 0 aliphatic heterocycles. The Bertz CT molecular complexity index is 1240. The number of nitrogens with one attached hydrogen (secondary N) is 1. The lowest BCUT2D eigenvalue weighted by atomic mass is 9.99. The Kier molecular flexibility index (Phi) is 5.33. The van der Waals surface area contributed by atoms with E-state index in [2.05, 4.69) is 57.9 Å². The van der Waals surface area contributed by atoms with Crippen molar-refractivity contribution in [3.05, 3.63) is 65.2 Å². The number of pyridine rings is 1. The zero-order valence-electron chi connectivity index (χ0n) is 18.0. The molecule has 1 N–H and O–H groups in total. The number of benzene rings is 2. The van der Waals surface area contributed by atoms with Gasteiger partial charge in [-0.15, -0.1) is 0 Å². The molecule has 0 bridgehead atoms. The third kappa shape index (κ3) is 3.35. The molecule has 4 rings (SSSR count). The van der Waals surface area contributed by atoms with E-state index in [4.69, 9.17) is 4.98 Å². The van der Waals surface area contributed by atoms with Crippen molar-refractivity contribution in [1.29, 1.82) is 5.26 Å². The van der Waals surface area contributed by atoms with Crippen molar-refractivity contribution in [1.82, 2.24) is 9.38 Å². The van der Waals surface area contributed by atoms with Crippen molar-refractivity contribution in [2.75, 3.05) is 24.3 Å². The molecule has 0 radical (unpaired) electrons. The molecule has 0 saturated heterocycles. The maximum Gasteiger partial charge on any atom is 0.157 e. The number of rotatable bonds is 6. The number of hydrogen-bond donors (Lipinski definition) is 1. The Balaban J connectivity index is 1.98. The predicted molar refractivity (Wildman–Crippen MR) is 125 cm³/mol. The molecular weight excluding hydrogens is 370 g/mol. The molecule has 0 atom stereocenters. The van der Waals surface area contributed by atoms with Gasteiger partial charge in [0, 0.05) is 25.5 Å². The van der Waals surface area contributed by atoms with Crippen LogP contribution >= 0.6 is 0 Å². The van der Waals surface area contributed by atoms with Gasteiger partial charge < -0.3 is 10.2 Å². The van der Waals surface area contributed by atoms with E-state index >= 15 is 0 Å². The van der Waals surface area contributed by atoms with Crippen LogP contribution in [0, 0.1) is 18.3 Å². The third-order valence-corrected chi connectivity index (χ3v) is 5.66. The van der Waals surface area contributed by atoms with Crippen LogP contribution in [0.5, 0.6) is 0 Å². The van der Waals surface area contributed by atoms with Crippen LogP contribution < -0.4 is 10.2 Å². The summed E-state index contributed by atoms with van der Waals surface area (Å²) in [5.41, 5.74) is 7.64. The maximum atomic E-state index is 9.93. The Morgan fingerprint density at radius 1 is 1.10 bits per heavy atom. The van der Waals surface area contributed by atoms with Crippen molar-refractivity contribution in [2.45, 2.75) is 33.1 Å². The molecule has 2 aromatic carbocycles. The number of nitrogens with zero attached hydrogens (tertiary/aromatic N) is 4. The molecule has 152 valence electrons. The van der Waals surface area contributed by atoms with Crippen LogP contribution in [0.3, 0.4) is 0 Å². The first-order valence-corrected chi connectivity index (χ1v) is 10.4. The first-order valence-electron chi connectivity index (χ1n) is 10.4. The summed E-state index contributed by atoms with van der Waals surface area (Å²) in [5, 5.41) is 13.6. The van der Waals surface area contributed by atoms with Crippen LogP contribution in [0.25, 0.3) is 16.7 Å². The average Bonchev–Trinajstić information content (AvgIpc) is 3.13. The number of fused-ring (bicyclic) bond motifs is 3. The van der Waals surface area contributed by atoms with Gasteiger partial charge in [-0.1, -0.05) is 25.5 Å². The van der Waals surface area contributed by atoms with E-state index in [9.17, 15) is 5.26 Å². The number of imidazole rings is 1. The fraction of sp³-hybridized carbons (Fsp3) is 0.280. The smallest absolute Gasteiger partial charge is 0.157 e. The second-order valence-corrected chi connectivity index (χ2v) is 7.87. The lowest BCUT2D eigenvalue weighted by molar-refractivity contribution is 0.788. The lowest BCUT2D eigenvalue weighted by Gasteiger charge is -2.19. The normalized spacial score (nSPS) is 11.0. The van der Waals surface area contributed by atoms with Gasteiger partial charge in [-0.05, 0) is 67.3 Å². The van der Waals surface area contributed by atoms with Gasteiger partial charge in [0.05, 0.1) is 16.6 Å². The summed E-state index contributed by atoms with van der Waals surface area (Å²) < 4.78 is 2.12. The summed E-state index contributed by atoms with van der Waals surface area (Å²) in [4.78, 5) is 6.89. The van der Waals surface area contributed by atoms with Crippen LogP contribution in [0.1, 0.15) is 36.5 Å². The highest BCUT2D eigenvalue weighted by Crippen LogP contribution is 2.34. The molecular formula is C25H27N5. The summed E-state index contributed by atoms with van der Waals surface area (Å²) >= 11 is 0. The second kappa shape index (κ2) is 8.08. The predicted octanol–water partition coefficient (Wildman–Crippen LogP) is 5.82. The van der Waals surface area contributed by atoms with Crippen molar-refractivity contribution >= 4 is 33.9 Å². The molecule has 0 fully saturated rings. The molecule has 0 saturated carbocycles. The van der Waals surface area contributed by atoms with E-state index in [1.807, 2.05) is 39.2 Å². The maximum absolute atomic E-state index is 9.93. The topological polar surface area (TPSA) is 56.4 Å². The number of hydrogen-bond acceptors (Lipinski definition) is 4. The minimum absolute atomic E-state index is 0.658. The van der Waals surface area contributed by atoms with E-state index in [1.54, 1.807) is 0 Å². The van der Waals surface area contributed by atoms with Gasteiger partial charge in [0.25, 0.3) is 0 Å². The highest BCUT2D eigenvalue weighted by atomic mass is 15.1. The van der Waals surface area contributed by atoms with Crippen molar-refractivity contribution in [3.63, 3.8) is 0 Å². The van der Waals surface area contributed by atoms with Crippen molar-refractivity contribution in [2.24, 2.45) is 0 Å². The lowest BCUT2D eigenvalue weighted by Crippen LogP contribution is -2.10. The fourth-order valence-electron chi connectivity index (χ4n) is 3.96. The SMILES string of the molecule is CCCCc1c(C)c(C#N)c2nc3ccccc3n2c1Nc1ccc(N(C)C)cc1. The first-order chi connectivity index (χ1) is 14.5. The first kappa shape index (κ1) is 19.8. The largest absolute Gasteiger partial charge is 0.378 e. The summed E-state index contributed by atoms with van der Waals surface area (Å²) in [5.74, 6) is 1.00. The number of unbranched alkanes of at least 4 members (excludes halogenated alkanes) is 1. The Morgan fingerprint density at radius 3 is 2.50 bits per heavy atom. The van der Waals surface area contributed by atoms with Gasteiger partial charge in [0.15, 0.2) is 5.65 Å². The molecule has 5 heteroatoms. The zero-order valence-corrected chi connectivity index (χ0v) is 18.0. The van der Waals surface area contributed by atoms with Gasteiger partial charge in [-0.2, -0.15) is 5.26 Å². The van der Waals surface area contributed by atoms with E-state index in [0.29, 0.717) is 11.2 Å². The highest BCUT2D eigenvalue weighted by Gasteiger charge is 2.20. The Morgan fingerprint density at radius 2 is 1.83 bits per heavy atom. The van der Waals surface area contributed by atoms with Crippen LogP contribution in [0.4, 0.5) is 17.2 Å². The third-order valence-electron chi connectivity index (χ3n) is 5.66. The van der Waals surface area contributed by atoms with Gasteiger partial charge in [-0.3, -0.25) is 4.40 Å². The van der Waals surface area contributed by atoms with Crippen LogP contribution in [0.2, 0.25) is 0 Å². The van der Waals surface area contributed by atoms with Gasteiger partial charge in [0.2, 0.25) is 0 Å². The Hall–Kier alpha value is -3.52. The number of aromatic nitrogens is 2. The van der Waals surface area contributed by atoms with Gasteiger partial charge in [-0.25, -0.2) is 4.98 Å². The standard InChI is InChI=1S/C25H27N5/c1-5-6-9-20-17(2)21(16-26)25-28-22-10-7-8-11-23(22)30(25)24(20)27-18-12-14-19(15-13-18)29(3)4/h7-8,10-15,27H,5-6,9H2,1-4H3. The second-order valence-electron chi connectivity index (χ2n) is 7.87. The summed E-state index contributed by atoms with van der Waals surface area (Å²) in [7, 11) is 4.08. The minimum atomic E-state index is 0.658. The van der Waals surface area contributed by atoms with Gasteiger partial charge >= 0.3 is 0 Å². The average molecular weight is 398 g/mol.